The molecule has 1 saturated heterocycles. The molecule has 1 atom stereocenters. The Kier molecular flexibility index (Phi) is 5.13. The second kappa shape index (κ2) is 6.87. The highest BCUT2D eigenvalue weighted by Crippen LogP contribution is 2.35. The minimum atomic E-state index is -0.973. The Morgan fingerprint density at radius 1 is 1.41 bits per heavy atom. The quantitative estimate of drug-likeness (QED) is 0.870. The first-order valence-electron chi connectivity index (χ1n) is 7.30. The molecule has 1 aromatic carbocycles. The van der Waals surface area contributed by atoms with Crippen molar-refractivity contribution >= 4 is 11.9 Å². The van der Waals surface area contributed by atoms with Crippen LogP contribution in [0.15, 0.2) is 24.3 Å². The standard InChI is InChI=1S/C16H20FNO4/c1-11(9-14(19)20)18-15(21)16(5-7-22-8-6-16)12-3-2-4-13(17)10-12/h2-4,10-11H,5-9H2,1H3,(H,18,21)(H,19,20). The highest BCUT2D eigenvalue weighted by molar-refractivity contribution is 5.89. The van der Waals surface area contributed by atoms with Gasteiger partial charge in [-0.3, -0.25) is 9.59 Å². The Bertz CT molecular complexity index is 555. The molecule has 0 saturated carbocycles. The second-order valence-electron chi connectivity index (χ2n) is 5.68. The van der Waals surface area contributed by atoms with Crippen LogP contribution in [-0.4, -0.2) is 36.2 Å². The topological polar surface area (TPSA) is 75.6 Å². The molecule has 1 fully saturated rings. The maximum absolute atomic E-state index is 13.5. The Balaban J connectivity index is 2.25. The summed E-state index contributed by atoms with van der Waals surface area (Å²) in [5.74, 6) is -1.63. The lowest BCUT2D eigenvalue weighted by atomic mass is 9.73. The highest BCUT2D eigenvalue weighted by atomic mass is 19.1. The van der Waals surface area contributed by atoms with Crippen molar-refractivity contribution in [2.75, 3.05) is 13.2 Å². The van der Waals surface area contributed by atoms with Gasteiger partial charge in [-0.15, -0.1) is 0 Å². The van der Waals surface area contributed by atoms with Crippen molar-refractivity contribution in [1.29, 1.82) is 0 Å². The fourth-order valence-corrected chi connectivity index (χ4v) is 2.83. The number of carbonyl (C=O) groups excluding carboxylic acids is 1. The van der Waals surface area contributed by atoms with Gasteiger partial charge < -0.3 is 15.2 Å². The lowest BCUT2D eigenvalue weighted by Gasteiger charge is -2.37. The molecule has 0 spiro atoms. The Labute approximate surface area is 128 Å². The monoisotopic (exact) mass is 309 g/mol. The Morgan fingerprint density at radius 2 is 2.09 bits per heavy atom. The van der Waals surface area contributed by atoms with E-state index in [1.807, 2.05) is 0 Å². The highest BCUT2D eigenvalue weighted by Gasteiger charge is 2.42. The van der Waals surface area contributed by atoms with E-state index in [1.165, 1.54) is 12.1 Å². The number of halogens is 1. The molecule has 2 rings (SSSR count). The molecule has 1 aliphatic heterocycles. The first-order valence-corrected chi connectivity index (χ1v) is 7.30. The lowest BCUT2D eigenvalue weighted by Crippen LogP contribution is -2.50. The summed E-state index contributed by atoms with van der Waals surface area (Å²) < 4.78 is 18.9. The van der Waals surface area contributed by atoms with Gasteiger partial charge in [0.1, 0.15) is 5.82 Å². The zero-order valence-electron chi connectivity index (χ0n) is 12.5. The van der Waals surface area contributed by atoms with E-state index < -0.39 is 23.2 Å². The summed E-state index contributed by atoms with van der Waals surface area (Å²) in [5, 5.41) is 11.5. The molecule has 0 radical (unpaired) electrons. The fourth-order valence-electron chi connectivity index (χ4n) is 2.83. The van der Waals surface area contributed by atoms with Gasteiger partial charge in [0, 0.05) is 19.3 Å². The van der Waals surface area contributed by atoms with E-state index in [0.29, 0.717) is 31.6 Å². The van der Waals surface area contributed by atoms with E-state index in [1.54, 1.807) is 19.1 Å². The molecule has 5 nitrogen and oxygen atoms in total. The maximum Gasteiger partial charge on any atom is 0.305 e. The summed E-state index contributed by atoms with van der Waals surface area (Å²) in [5.41, 5.74) is -0.261. The SMILES string of the molecule is CC(CC(=O)O)NC(=O)C1(c2cccc(F)c2)CCOCC1. The zero-order chi connectivity index (χ0) is 16.2. The Morgan fingerprint density at radius 3 is 2.68 bits per heavy atom. The van der Waals surface area contributed by atoms with Crippen molar-refractivity contribution < 1.29 is 23.8 Å². The van der Waals surface area contributed by atoms with Gasteiger partial charge in [0.25, 0.3) is 0 Å². The summed E-state index contributed by atoms with van der Waals surface area (Å²) >= 11 is 0. The number of rotatable bonds is 5. The van der Waals surface area contributed by atoms with Crippen molar-refractivity contribution in [3.05, 3.63) is 35.6 Å². The van der Waals surface area contributed by atoms with Crippen LogP contribution in [0.1, 0.15) is 31.7 Å². The smallest absolute Gasteiger partial charge is 0.305 e. The largest absolute Gasteiger partial charge is 0.481 e. The van der Waals surface area contributed by atoms with Crippen LogP contribution in [0.25, 0.3) is 0 Å². The number of ether oxygens (including phenoxy) is 1. The molecule has 0 aromatic heterocycles. The number of hydrogen-bond acceptors (Lipinski definition) is 3. The summed E-state index contributed by atoms with van der Waals surface area (Å²) in [6, 6.07) is 5.53. The molecule has 1 amide bonds. The van der Waals surface area contributed by atoms with Gasteiger partial charge in [-0.1, -0.05) is 12.1 Å². The van der Waals surface area contributed by atoms with Gasteiger partial charge in [0.05, 0.1) is 11.8 Å². The number of amides is 1. The molecule has 1 heterocycles. The van der Waals surface area contributed by atoms with E-state index in [4.69, 9.17) is 9.84 Å². The molecule has 0 bridgehead atoms. The van der Waals surface area contributed by atoms with Crippen LogP contribution < -0.4 is 5.32 Å². The third kappa shape index (κ3) is 3.62. The number of aliphatic carboxylic acids is 1. The minimum absolute atomic E-state index is 0.151. The Hall–Kier alpha value is -1.95. The third-order valence-corrected chi connectivity index (χ3v) is 4.02. The van der Waals surface area contributed by atoms with Crippen molar-refractivity contribution in [2.24, 2.45) is 0 Å². The van der Waals surface area contributed by atoms with Gasteiger partial charge in [0.2, 0.25) is 5.91 Å². The van der Waals surface area contributed by atoms with Crippen LogP contribution in [0.5, 0.6) is 0 Å². The summed E-state index contributed by atoms with van der Waals surface area (Å²) in [7, 11) is 0. The number of carboxylic acids is 1. The van der Waals surface area contributed by atoms with Gasteiger partial charge in [-0.25, -0.2) is 4.39 Å². The number of benzene rings is 1. The number of carboxylic acid groups (broad SMARTS) is 1. The molecular formula is C16H20FNO4. The average Bonchev–Trinajstić information content (AvgIpc) is 2.47. The van der Waals surface area contributed by atoms with Crippen LogP contribution in [0.4, 0.5) is 4.39 Å². The number of carbonyl (C=O) groups is 2. The molecule has 1 aromatic rings. The predicted octanol–water partition coefficient (Wildman–Crippen LogP) is 1.85. The van der Waals surface area contributed by atoms with Gasteiger partial charge >= 0.3 is 5.97 Å². The first kappa shape index (κ1) is 16.4. The number of nitrogens with one attached hydrogen (secondary N) is 1. The molecule has 1 aliphatic rings. The number of hydrogen-bond donors (Lipinski definition) is 2. The second-order valence-corrected chi connectivity index (χ2v) is 5.68. The van der Waals surface area contributed by atoms with E-state index in [9.17, 15) is 14.0 Å². The molecule has 2 N–H and O–H groups in total. The van der Waals surface area contributed by atoms with Gasteiger partial charge in [0.15, 0.2) is 0 Å². The molecule has 0 aliphatic carbocycles. The van der Waals surface area contributed by atoms with Crippen LogP contribution in [-0.2, 0) is 19.7 Å². The molecule has 22 heavy (non-hydrogen) atoms. The van der Waals surface area contributed by atoms with Crippen LogP contribution in [0.2, 0.25) is 0 Å². The van der Waals surface area contributed by atoms with Crippen LogP contribution in [0, 0.1) is 5.82 Å². The molecule has 6 heteroatoms. The zero-order valence-corrected chi connectivity index (χ0v) is 12.5. The first-order chi connectivity index (χ1) is 10.4. The summed E-state index contributed by atoms with van der Waals surface area (Å²) in [4.78, 5) is 23.5. The third-order valence-electron chi connectivity index (χ3n) is 4.02. The van der Waals surface area contributed by atoms with Gasteiger partial charge in [-0.05, 0) is 37.5 Å². The van der Waals surface area contributed by atoms with E-state index in [0.717, 1.165) is 0 Å². The van der Waals surface area contributed by atoms with Crippen molar-refractivity contribution in [2.45, 2.75) is 37.6 Å². The maximum atomic E-state index is 13.5. The van der Waals surface area contributed by atoms with Crippen LogP contribution in [0.3, 0.4) is 0 Å². The van der Waals surface area contributed by atoms with Crippen molar-refractivity contribution in [3.8, 4) is 0 Å². The molecule has 1 unspecified atom stereocenters. The molecule has 120 valence electrons. The normalized spacial score (nSPS) is 18.5. The van der Waals surface area contributed by atoms with E-state index >= 15 is 0 Å². The fraction of sp³-hybridized carbons (Fsp3) is 0.500. The van der Waals surface area contributed by atoms with Crippen LogP contribution >= 0.6 is 0 Å². The van der Waals surface area contributed by atoms with E-state index in [2.05, 4.69) is 5.32 Å². The lowest BCUT2D eigenvalue weighted by molar-refractivity contribution is -0.138. The summed E-state index contributed by atoms with van der Waals surface area (Å²) in [6.45, 7) is 2.47. The van der Waals surface area contributed by atoms with Gasteiger partial charge in [-0.2, -0.15) is 0 Å². The predicted molar refractivity (Wildman–Crippen MR) is 78.0 cm³/mol. The molecular weight excluding hydrogens is 289 g/mol. The van der Waals surface area contributed by atoms with Crippen molar-refractivity contribution in [1.82, 2.24) is 5.32 Å². The van der Waals surface area contributed by atoms with E-state index in [-0.39, 0.29) is 12.3 Å². The summed E-state index contributed by atoms with van der Waals surface area (Å²) in [6.07, 6.45) is 0.742. The average molecular weight is 309 g/mol. The minimum Gasteiger partial charge on any atom is -0.481 e. The van der Waals surface area contributed by atoms with Crippen molar-refractivity contribution in [3.63, 3.8) is 0 Å².